The van der Waals surface area contributed by atoms with Gasteiger partial charge < -0.3 is 15.0 Å². The topological polar surface area (TPSA) is 53.1 Å². The molecular formula is C17H17N3O. The van der Waals surface area contributed by atoms with E-state index in [4.69, 9.17) is 10.5 Å². The summed E-state index contributed by atoms with van der Waals surface area (Å²) in [5.74, 6) is 1.87. The Bertz CT molecular complexity index is 794. The van der Waals surface area contributed by atoms with Crippen LogP contribution in [0.1, 0.15) is 23.9 Å². The lowest BCUT2D eigenvalue weighted by Gasteiger charge is -2.07. The number of imidazole rings is 1. The number of benzene rings is 2. The summed E-state index contributed by atoms with van der Waals surface area (Å²) in [6.45, 7) is 0. The summed E-state index contributed by atoms with van der Waals surface area (Å²) in [5.41, 5.74) is 9.42. The van der Waals surface area contributed by atoms with Crippen LogP contribution in [0.2, 0.25) is 0 Å². The molecule has 4 heteroatoms. The van der Waals surface area contributed by atoms with E-state index >= 15 is 0 Å². The maximum absolute atomic E-state index is 6.15. The molecule has 2 aromatic carbocycles. The number of nitrogens with zero attached hydrogens (tertiary/aromatic N) is 2. The third-order valence-electron chi connectivity index (χ3n) is 4.25. The molecular weight excluding hydrogens is 262 g/mol. The lowest BCUT2D eigenvalue weighted by atomic mass is 10.1. The highest BCUT2D eigenvalue weighted by Gasteiger charge is 2.41. The standard InChI is InChI=1S/C17H17N3O/c1-21-15-9-5-8-13-16(15)19-17(18)20(13)14-10-12(14)11-6-3-2-4-7-11/h2-9,12,14H,10H2,1H3,(H2,18,19). The van der Waals surface area contributed by atoms with Crippen LogP contribution >= 0.6 is 0 Å². The second-order valence-corrected chi connectivity index (χ2v) is 5.49. The van der Waals surface area contributed by atoms with E-state index in [9.17, 15) is 0 Å². The van der Waals surface area contributed by atoms with Crippen LogP contribution in [0, 0.1) is 0 Å². The van der Waals surface area contributed by atoms with Gasteiger partial charge in [-0.15, -0.1) is 0 Å². The molecule has 2 N–H and O–H groups in total. The van der Waals surface area contributed by atoms with Crippen LogP contribution in [0.15, 0.2) is 48.5 Å². The Morgan fingerprint density at radius 3 is 2.71 bits per heavy atom. The zero-order valence-electron chi connectivity index (χ0n) is 11.9. The van der Waals surface area contributed by atoms with Crippen LogP contribution in [-0.4, -0.2) is 16.7 Å². The van der Waals surface area contributed by atoms with Gasteiger partial charge in [0.25, 0.3) is 0 Å². The minimum absolute atomic E-state index is 0.393. The number of hydrogen-bond donors (Lipinski definition) is 1. The van der Waals surface area contributed by atoms with Gasteiger partial charge in [0.15, 0.2) is 0 Å². The molecule has 0 amide bonds. The van der Waals surface area contributed by atoms with E-state index < -0.39 is 0 Å². The van der Waals surface area contributed by atoms with E-state index in [1.807, 2.05) is 18.2 Å². The zero-order chi connectivity index (χ0) is 14.4. The normalized spacial score (nSPS) is 20.6. The number of fused-ring (bicyclic) bond motifs is 1. The molecule has 0 aliphatic heterocycles. The summed E-state index contributed by atoms with van der Waals surface area (Å²) in [6.07, 6.45) is 1.11. The van der Waals surface area contributed by atoms with Crippen molar-refractivity contribution in [3.63, 3.8) is 0 Å². The first-order chi connectivity index (χ1) is 10.3. The highest BCUT2D eigenvalue weighted by Crippen LogP contribution is 2.53. The molecule has 1 aromatic heterocycles. The fourth-order valence-electron chi connectivity index (χ4n) is 3.15. The molecule has 1 fully saturated rings. The minimum atomic E-state index is 0.393. The number of para-hydroxylation sites is 1. The molecule has 21 heavy (non-hydrogen) atoms. The summed E-state index contributed by atoms with van der Waals surface area (Å²) in [7, 11) is 1.66. The van der Waals surface area contributed by atoms with E-state index in [1.54, 1.807) is 7.11 Å². The molecule has 0 bridgehead atoms. The van der Waals surface area contributed by atoms with Crippen molar-refractivity contribution in [2.24, 2.45) is 0 Å². The zero-order valence-corrected chi connectivity index (χ0v) is 11.9. The largest absolute Gasteiger partial charge is 0.494 e. The molecule has 106 valence electrons. The van der Waals surface area contributed by atoms with Crippen LogP contribution in [0.25, 0.3) is 11.0 Å². The second kappa shape index (κ2) is 4.52. The van der Waals surface area contributed by atoms with Crippen LogP contribution in [0.4, 0.5) is 5.95 Å². The molecule has 1 aliphatic carbocycles. The summed E-state index contributed by atoms with van der Waals surface area (Å²) in [4.78, 5) is 4.49. The average Bonchev–Trinajstić information content (AvgIpc) is 3.23. The second-order valence-electron chi connectivity index (χ2n) is 5.49. The predicted molar refractivity (Wildman–Crippen MR) is 83.5 cm³/mol. The highest BCUT2D eigenvalue weighted by atomic mass is 16.5. The molecule has 0 spiro atoms. The van der Waals surface area contributed by atoms with Gasteiger partial charge in [-0.25, -0.2) is 4.98 Å². The molecule has 4 rings (SSSR count). The van der Waals surface area contributed by atoms with Crippen molar-refractivity contribution in [3.8, 4) is 5.75 Å². The van der Waals surface area contributed by atoms with Gasteiger partial charge in [0.05, 0.1) is 12.6 Å². The molecule has 0 radical (unpaired) electrons. The van der Waals surface area contributed by atoms with E-state index in [0.717, 1.165) is 23.2 Å². The third kappa shape index (κ3) is 1.87. The molecule has 2 atom stereocenters. The Morgan fingerprint density at radius 1 is 1.14 bits per heavy atom. The number of nitrogens with two attached hydrogens (primary N) is 1. The van der Waals surface area contributed by atoms with E-state index in [0.29, 0.717) is 17.9 Å². The van der Waals surface area contributed by atoms with Gasteiger partial charge in [-0.1, -0.05) is 36.4 Å². The van der Waals surface area contributed by atoms with Gasteiger partial charge in [0.1, 0.15) is 11.3 Å². The monoisotopic (exact) mass is 279 g/mol. The SMILES string of the molecule is COc1cccc2c1nc(N)n2C1CC1c1ccccc1. The molecule has 4 nitrogen and oxygen atoms in total. The first-order valence-corrected chi connectivity index (χ1v) is 7.15. The van der Waals surface area contributed by atoms with Crippen molar-refractivity contribution in [2.45, 2.75) is 18.4 Å². The fourth-order valence-corrected chi connectivity index (χ4v) is 3.15. The van der Waals surface area contributed by atoms with Crippen LogP contribution in [0.3, 0.4) is 0 Å². The van der Waals surface area contributed by atoms with Crippen molar-refractivity contribution in [2.75, 3.05) is 12.8 Å². The summed E-state index contributed by atoms with van der Waals surface area (Å²) >= 11 is 0. The first kappa shape index (κ1) is 12.3. The van der Waals surface area contributed by atoms with Crippen molar-refractivity contribution in [1.29, 1.82) is 0 Å². The smallest absolute Gasteiger partial charge is 0.201 e. The highest BCUT2D eigenvalue weighted by molar-refractivity contribution is 5.84. The first-order valence-electron chi connectivity index (χ1n) is 7.15. The maximum Gasteiger partial charge on any atom is 0.201 e. The van der Waals surface area contributed by atoms with Crippen molar-refractivity contribution in [3.05, 3.63) is 54.1 Å². The number of rotatable bonds is 3. The molecule has 1 heterocycles. The van der Waals surface area contributed by atoms with Gasteiger partial charge in [-0.3, -0.25) is 0 Å². The number of anilines is 1. The Balaban J connectivity index is 1.77. The van der Waals surface area contributed by atoms with Crippen molar-refractivity contribution in [1.82, 2.24) is 9.55 Å². The summed E-state index contributed by atoms with van der Waals surface area (Å²) in [6, 6.07) is 16.9. The maximum atomic E-state index is 6.15. The molecule has 0 saturated heterocycles. The molecule has 1 saturated carbocycles. The Labute approximate surface area is 123 Å². The minimum Gasteiger partial charge on any atom is -0.494 e. The Hall–Kier alpha value is -2.49. The van der Waals surface area contributed by atoms with Crippen molar-refractivity contribution < 1.29 is 4.74 Å². The van der Waals surface area contributed by atoms with Crippen LogP contribution < -0.4 is 10.5 Å². The van der Waals surface area contributed by atoms with Gasteiger partial charge >= 0.3 is 0 Å². The van der Waals surface area contributed by atoms with E-state index in [2.05, 4.69) is 39.9 Å². The molecule has 2 unspecified atom stereocenters. The number of hydrogen-bond acceptors (Lipinski definition) is 3. The number of methoxy groups -OCH3 is 1. The van der Waals surface area contributed by atoms with E-state index in [-0.39, 0.29) is 0 Å². The van der Waals surface area contributed by atoms with Crippen molar-refractivity contribution >= 4 is 17.0 Å². The predicted octanol–water partition coefficient (Wildman–Crippen LogP) is 3.36. The third-order valence-corrected chi connectivity index (χ3v) is 4.25. The number of ether oxygens (including phenoxy) is 1. The average molecular weight is 279 g/mol. The van der Waals surface area contributed by atoms with Gasteiger partial charge in [0, 0.05) is 12.0 Å². The van der Waals surface area contributed by atoms with Gasteiger partial charge in [0.2, 0.25) is 5.95 Å². The quantitative estimate of drug-likeness (QED) is 0.800. The lowest BCUT2D eigenvalue weighted by molar-refractivity contribution is 0.419. The van der Waals surface area contributed by atoms with Gasteiger partial charge in [-0.2, -0.15) is 0 Å². The molecule has 1 aliphatic rings. The molecule has 3 aromatic rings. The number of nitrogen functional groups attached to an aromatic ring is 1. The van der Waals surface area contributed by atoms with E-state index in [1.165, 1.54) is 5.56 Å². The van der Waals surface area contributed by atoms with Crippen LogP contribution in [0.5, 0.6) is 5.75 Å². The summed E-state index contributed by atoms with van der Waals surface area (Å²) in [5, 5.41) is 0. The Morgan fingerprint density at radius 2 is 1.95 bits per heavy atom. The van der Waals surface area contributed by atoms with Crippen LogP contribution in [-0.2, 0) is 0 Å². The number of aromatic nitrogens is 2. The lowest BCUT2D eigenvalue weighted by Crippen LogP contribution is -2.02. The fraction of sp³-hybridized carbons (Fsp3) is 0.235. The Kier molecular flexibility index (Phi) is 2.64. The summed E-state index contributed by atoms with van der Waals surface area (Å²) < 4.78 is 7.52. The van der Waals surface area contributed by atoms with Gasteiger partial charge in [-0.05, 0) is 24.1 Å².